The molecule has 3 heterocycles. The minimum atomic E-state index is -0.706. The van der Waals surface area contributed by atoms with Crippen molar-refractivity contribution in [3.05, 3.63) is 96.7 Å². The van der Waals surface area contributed by atoms with Gasteiger partial charge in [-0.05, 0) is 31.0 Å². The summed E-state index contributed by atoms with van der Waals surface area (Å²) >= 11 is 13.7. The molecule has 1 atom stereocenters. The Morgan fingerprint density at radius 1 is 1.02 bits per heavy atom. The van der Waals surface area contributed by atoms with Crippen molar-refractivity contribution in [1.82, 2.24) is 19.0 Å². The highest BCUT2D eigenvalue weighted by Gasteiger charge is 2.22. The maximum absolute atomic E-state index is 13.0. The summed E-state index contributed by atoms with van der Waals surface area (Å²) in [4.78, 5) is 44.8. The van der Waals surface area contributed by atoms with E-state index in [0.717, 1.165) is 29.8 Å². The van der Waals surface area contributed by atoms with Gasteiger partial charge in [0.05, 0.1) is 28.5 Å². The number of hydrogen-bond acceptors (Lipinski definition) is 6. The summed E-state index contributed by atoms with van der Waals surface area (Å²) in [5.41, 5.74) is 2.46. The van der Waals surface area contributed by atoms with Crippen molar-refractivity contribution in [3.63, 3.8) is 0 Å². The van der Waals surface area contributed by atoms with E-state index < -0.39 is 17.2 Å². The summed E-state index contributed by atoms with van der Waals surface area (Å²) < 4.78 is 7.70. The lowest BCUT2D eigenvalue weighted by atomic mass is 10.00. The molecule has 4 aromatic rings. The number of rotatable bonds is 7. The molecule has 5 rings (SSSR count). The van der Waals surface area contributed by atoms with Gasteiger partial charge in [0, 0.05) is 55.6 Å². The van der Waals surface area contributed by atoms with E-state index in [-0.39, 0.29) is 16.3 Å². The van der Waals surface area contributed by atoms with E-state index >= 15 is 0 Å². The summed E-state index contributed by atoms with van der Waals surface area (Å²) in [6.07, 6.45) is 2.39. The average molecular weight is 609 g/mol. The Hall–Kier alpha value is -3.92. The Bertz CT molecular complexity index is 1800. The molecule has 0 spiro atoms. The van der Waals surface area contributed by atoms with E-state index in [2.05, 4.69) is 17.1 Å². The number of ether oxygens (including phenoxy) is 1. The van der Waals surface area contributed by atoms with Gasteiger partial charge in [0.25, 0.3) is 11.5 Å². The number of anilines is 1. The monoisotopic (exact) mass is 607 g/mol. The number of benzene rings is 2. The van der Waals surface area contributed by atoms with Crippen LogP contribution in [0.3, 0.4) is 0 Å². The van der Waals surface area contributed by atoms with E-state index in [4.69, 9.17) is 32.9 Å². The molecule has 0 radical (unpaired) electrons. The third kappa shape index (κ3) is 5.72. The van der Waals surface area contributed by atoms with Crippen LogP contribution >= 0.6 is 23.2 Å². The van der Waals surface area contributed by atoms with Gasteiger partial charge in [0.1, 0.15) is 5.56 Å². The number of halogens is 2. The van der Waals surface area contributed by atoms with Crippen molar-refractivity contribution in [2.24, 2.45) is 20.0 Å². The zero-order chi connectivity index (χ0) is 30.1. The third-order valence-electron chi connectivity index (χ3n) is 7.54. The number of likely N-dealkylation sites (tertiary alicyclic amines) is 1. The number of aromatic nitrogens is 3. The molecule has 218 valence electrons. The molecule has 1 fully saturated rings. The van der Waals surface area contributed by atoms with Crippen LogP contribution in [0.5, 0.6) is 5.88 Å². The first kappa shape index (κ1) is 29.6. The number of amides is 1. The van der Waals surface area contributed by atoms with Gasteiger partial charge in [0.2, 0.25) is 5.88 Å². The van der Waals surface area contributed by atoms with Crippen molar-refractivity contribution in [2.45, 2.75) is 19.9 Å². The van der Waals surface area contributed by atoms with E-state index in [9.17, 15) is 14.4 Å². The SMILES string of the molecule is COc1nc(-c2cccc(-c3cccc(NC(=O)c4cn(C)c(=O)n(C)c4=O)c3Cl)c2Cl)ccc1CN1CC[C@H](C)C1. The van der Waals surface area contributed by atoms with Gasteiger partial charge in [-0.3, -0.25) is 19.1 Å². The van der Waals surface area contributed by atoms with Gasteiger partial charge in [0.15, 0.2) is 0 Å². The molecule has 1 amide bonds. The molecule has 42 heavy (non-hydrogen) atoms. The van der Waals surface area contributed by atoms with Crippen molar-refractivity contribution in [1.29, 1.82) is 0 Å². The summed E-state index contributed by atoms with van der Waals surface area (Å²) in [6.45, 7) is 5.15. The maximum Gasteiger partial charge on any atom is 0.330 e. The fourth-order valence-corrected chi connectivity index (χ4v) is 5.85. The predicted molar refractivity (Wildman–Crippen MR) is 166 cm³/mol. The minimum absolute atomic E-state index is 0.191. The summed E-state index contributed by atoms with van der Waals surface area (Å²) in [5.74, 6) is 0.551. The molecule has 0 saturated carbocycles. The molecule has 11 heteroatoms. The number of aryl methyl sites for hydroxylation is 1. The van der Waals surface area contributed by atoms with Crippen molar-refractivity contribution in [2.75, 3.05) is 25.5 Å². The van der Waals surface area contributed by atoms with Crippen LogP contribution in [0.2, 0.25) is 10.0 Å². The quantitative estimate of drug-likeness (QED) is 0.309. The largest absolute Gasteiger partial charge is 0.481 e. The standard InChI is InChI=1S/C31H31Cl2N5O4/c1-18-13-14-38(15-18)16-19-11-12-24(35-29(19)42-4)22-9-5-7-20(26(22)32)21-8-6-10-25(27(21)33)34-28(39)23-17-36(2)31(41)37(3)30(23)40/h5-12,17-18H,13-16H2,1-4H3,(H,34,39)/t18-/m0/s1. The number of hydrogen-bond donors (Lipinski definition) is 1. The number of methoxy groups -OCH3 is 1. The highest BCUT2D eigenvalue weighted by molar-refractivity contribution is 6.39. The highest BCUT2D eigenvalue weighted by atomic mass is 35.5. The number of nitrogens with zero attached hydrogens (tertiary/aromatic N) is 4. The highest BCUT2D eigenvalue weighted by Crippen LogP contribution is 2.41. The van der Waals surface area contributed by atoms with Crippen LogP contribution < -0.4 is 21.3 Å². The number of pyridine rings is 1. The minimum Gasteiger partial charge on any atom is -0.481 e. The van der Waals surface area contributed by atoms with E-state index in [1.54, 1.807) is 25.3 Å². The normalized spacial score (nSPS) is 15.1. The second-order valence-corrected chi connectivity index (χ2v) is 11.3. The van der Waals surface area contributed by atoms with E-state index in [1.807, 2.05) is 30.3 Å². The van der Waals surface area contributed by atoms with Gasteiger partial charge in [-0.2, -0.15) is 0 Å². The van der Waals surface area contributed by atoms with Crippen LogP contribution in [0.1, 0.15) is 29.3 Å². The molecule has 0 unspecified atom stereocenters. The molecule has 0 bridgehead atoms. The Balaban J connectivity index is 1.46. The first-order valence-corrected chi connectivity index (χ1v) is 14.3. The Morgan fingerprint density at radius 3 is 2.40 bits per heavy atom. The molecule has 1 aliphatic heterocycles. The average Bonchev–Trinajstić information content (AvgIpc) is 3.39. The first-order chi connectivity index (χ1) is 20.1. The summed E-state index contributed by atoms with van der Waals surface area (Å²) in [5, 5.41) is 3.37. The molecular weight excluding hydrogens is 577 g/mol. The van der Waals surface area contributed by atoms with Gasteiger partial charge < -0.3 is 14.6 Å². The van der Waals surface area contributed by atoms with Gasteiger partial charge in [-0.25, -0.2) is 9.78 Å². The number of carbonyl (C=O) groups excluding carboxylic acids is 1. The van der Waals surface area contributed by atoms with Gasteiger partial charge in [-0.1, -0.05) is 66.5 Å². The van der Waals surface area contributed by atoms with Crippen molar-refractivity contribution >= 4 is 34.8 Å². The summed E-state index contributed by atoms with van der Waals surface area (Å²) in [7, 11) is 4.40. The van der Waals surface area contributed by atoms with Crippen LogP contribution in [-0.2, 0) is 20.6 Å². The second-order valence-electron chi connectivity index (χ2n) is 10.6. The van der Waals surface area contributed by atoms with Crippen LogP contribution in [0.4, 0.5) is 5.69 Å². The predicted octanol–water partition coefficient (Wildman–Crippen LogP) is 5.22. The molecular formula is C31H31Cl2N5O4. The van der Waals surface area contributed by atoms with E-state index in [0.29, 0.717) is 39.2 Å². The lowest BCUT2D eigenvalue weighted by Gasteiger charge is -2.18. The Morgan fingerprint density at radius 2 is 1.71 bits per heavy atom. The first-order valence-electron chi connectivity index (χ1n) is 13.5. The van der Waals surface area contributed by atoms with Crippen LogP contribution in [0.25, 0.3) is 22.4 Å². The Labute approximate surface area is 253 Å². The van der Waals surface area contributed by atoms with Crippen LogP contribution in [0, 0.1) is 5.92 Å². The smallest absolute Gasteiger partial charge is 0.330 e. The second kappa shape index (κ2) is 12.1. The topological polar surface area (TPSA) is 98.5 Å². The maximum atomic E-state index is 13.0. The number of nitrogens with one attached hydrogen (secondary N) is 1. The molecule has 1 aliphatic rings. The van der Waals surface area contributed by atoms with Crippen molar-refractivity contribution in [3.8, 4) is 28.3 Å². The number of carbonyl (C=O) groups is 1. The van der Waals surface area contributed by atoms with Gasteiger partial charge >= 0.3 is 5.69 Å². The molecule has 9 nitrogen and oxygen atoms in total. The lowest BCUT2D eigenvalue weighted by Crippen LogP contribution is -2.40. The fourth-order valence-electron chi connectivity index (χ4n) is 5.26. The molecule has 0 aliphatic carbocycles. The van der Waals surface area contributed by atoms with Crippen molar-refractivity contribution < 1.29 is 9.53 Å². The van der Waals surface area contributed by atoms with E-state index in [1.165, 1.54) is 31.3 Å². The Kier molecular flexibility index (Phi) is 8.54. The third-order valence-corrected chi connectivity index (χ3v) is 8.35. The fraction of sp³-hybridized carbons (Fsp3) is 0.290. The molecule has 2 aromatic carbocycles. The zero-order valence-electron chi connectivity index (χ0n) is 23.8. The summed E-state index contributed by atoms with van der Waals surface area (Å²) in [6, 6.07) is 14.7. The molecule has 2 aromatic heterocycles. The zero-order valence-corrected chi connectivity index (χ0v) is 25.3. The molecule has 1 N–H and O–H groups in total. The van der Waals surface area contributed by atoms with Crippen LogP contribution in [-0.4, -0.2) is 45.1 Å². The molecule has 1 saturated heterocycles. The lowest BCUT2D eigenvalue weighted by molar-refractivity contribution is 0.102. The van der Waals surface area contributed by atoms with Gasteiger partial charge in [-0.15, -0.1) is 0 Å². The van der Waals surface area contributed by atoms with Crippen LogP contribution in [0.15, 0.2) is 64.3 Å².